The van der Waals surface area contributed by atoms with Gasteiger partial charge in [-0.2, -0.15) is 0 Å². The second-order valence-corrected chi connectivity index (χ2v) is 5.04. The minimum Gasteiger partial charge on any atom is -0.378 e. The molecule has 1 aromatic rings. The molecule has 0 bridgehead atoms. The Morgan fingerprint density at radius 1 is 1.29 bits per heavy atom. The van der Waals surface area contributed by atoms with Crippen molar-refractivity contribution in [1.29, 1.82) is 0 Å². The van der Waals surface area contributed by atoms with Gasteiger partial charge in [0.1, 0.15) is 0 Å². The summed E-state index contributed by atoms with van der Waals surface area (Å²) in [5.41, 5.74) is -0.814. The standard InChI is InChI=1S/C14H16ClFN2O3/c15-13(16)14(20)17-11-3-1-10(2-4-11)9-12(19)18-5-7-21-8-6-18/h1-4,13H,5-9H2,(H,17,20). The van der Waals surface area contributed by atoms with Crippen LogP contribution < -0.4 is 5.32 Å². The highest BCUT2D eigenvalue weighted by Crippen LogP contribution is 2.13. The second-order valence-electron chi connectivity index (χ2n) is 4.66. The number of alkyl halides is 2. The molecule has 1 aromatic carbocycles. The lowest BCUT2D eigenvalue weighted by atomic mass is 10.1. The number of ether oxygens (including phenoxy) is 1. The lowest BCUT2D eigenvalue weighted by molar-refractivity contribution is -0.134. The van der Waals surface area contributed by atoms with E-state index in [-0.39, 0.29) is 12.3 Å². The van der Waals surface area contributed by atoms with Gasteiger partial charge in [-0.3, -0.25) is 9.59 Å². The molecule has 1 aliphatic rings. The molecule has 2 amide bonds. The number of halogens is 2. The van der Waals surface area contributed by atoms with Gasteiger partial charge in [-0.05, 0) is 17.7 Å². The fraction of sp³-hybridized carbons (Fsp3) is 0.429. The highest BCUT2D eigenvalue weighted by molar-refractivity contribution is 6.31. The first kappa shape index (κ1) is 15.7. The average molecular weight is 315 g/mol. The predicted octanol–water partition coefficient (Wildman–Crippen LogP) is 1.56. The topological polar surface area (TPSA) is 58.6 Å². The molecule has 0 saturated carbocycles. The minimum absolute atomic E-state index is 0.0414. The van der Waals surface area contributed by atoms with Gasteiger partial charge in [-0.1, -0.05) is 23.7 Å². The Morgan fingerprint density at radius 3 is 2.48 bits per heavy atom. The molecule has 1 aliphatic heterocycles. The lowest BCUT2D eigenvalue weighted by Gasteiger charge is -2.26. The van der Waals surface area contributed by atoms with Gasteiger partial charge in [0.05, 0.1) is 19.6 Å². The fourth-order valence-electron chi connectivity index (χ4n) is 2.00. The number of rotatable bonds is 4. The maximum atomic E-state index is 12.5. The minimum atomic E-state index is -2.08. The maximum Gasteiger partial charge on any atom is 0.274 e. The largest absolute Gasteiger partial charge is 0.378 e. The molecular formula is C14H16ClFN2O3. The van der Waals surface area contributed by atoms with E-state index in [9.17, 15) is 14.0 Å². The molecule has 0 spiro atoms. The second kappa shape index (κ2) is 7.38. The summed E-state index contributed by atoms with van der Waals surface area (Å²) in [6.45, 7) is 2.36. The monoisotopic (exact) mass is 314 g/mol. The zero-order valence-electron chi connectivity index (χ0n) is 11.4. The first-order valence-electron chi connectivity index (χ1n) is 6.60. The fourth-order valence-corrected chi connectivity index (χ4v) is 2.06. The van der Waals surface area contributed by atoms with Crippen LogP contribution in [0.25, 0.3) is 0 Å². The van der Waals surface area contributed by atoms with E-state index in [1.165, 1.54) is 0 Å². The number of nitrogens with one attached hydrogen (secondary N) is 1. The molecule has 1 N–H and O–H groups in total. The molecule has 1 atom stereocenters. The van der Waals surface area contributed by atoms with Crippen molar-refractivity contribution in [3.63, 3.8) is 0 Å². The zero-order chi connectivity index (χ0) is 15.2. The SMILES string of the molecule is O=C(Nc1ccc(CC(=O)N2CCOCC2)cc1)C(F)Cl. The van der Waals surface area contributed by atoms with Crippen LogP contribution >= 0.6 is 11.6 Å². The predicted molar refractivity (Wildman–Crippen MR) is 76.9 cm³/mol. The number of hydrogen-bond donors (Lipinski definition) is 1. The van der Waals surface area contributed by atoms with Gasteiger partial charge in [0.15, 0.2) is 0 Å². The number of amides is 2. The Bertz CT molecular complexity index is 501. The molecule has 1 saturated heterocycles. The third-order valence-corrected chi connectivity index (χ3v) is 3.34. The van der Waals surface area contributed by atoms with Gasteiger partial charge in [0.25, 0.3) is 11.5 Å². The van der Waals surface area contributed by atoms with E-state index in [0.717, 1.165) is 5.56 Å². The molecule has 21 heavy (non-hydrogen) atoms. The van der Waals surface area contributed by atoms with E-state index in [2.05, 4.69) is 5.32 Å². The summed E-state index contributed by atoms with van der Waals surface area (Å²) in [7, 11) is 0. The van der Waals surface area contributed by atoms with E-state index in [4.69, 9.17) is 16.3 Å². The van der Waals surface area contributed by atoms with Crippen LogP contribution in [0.2, 0.25) is 0 Å². The molecule has 0 radical (unpaired) electrons. The van der Waals surface area contributed by atoms with Crippen LogP contribution in [0.5, 0.6) is 0 Å². The van der Waals surface area contributed by atoms with E-state index in [0.29, 0.717) is 32.0 Å². The summed E-state index contributed by atoms with van der Waals surface area (Å²) in [5.74, 6) is -0.867. The van der Waals surface area contributed by atoms with Crippen molar-refractivity contribution in [2.24, 2.45) is 0 Å². The molecule has 0 aromatic heterocycles. The van der Waals surface area contributed by atoms with Crippen LogP contribution in [0.15, 0.2) is 24.3 Å². The summed E-state index contributed by atoms with van der Waals surface area (Å²) < 4.78 is 17.7. The van der Waals surface area contributed by atoms with Crippen molar-refractivity contribution in [3.8, 4) is 0 Å². The van der Waals surface area contributed by atoms with E-state index < -0.39 is 11.5 Å². The van der Waals surface area contributed by atoms with Crippen molar-refractivity contribution in [1.82, 2.24) is 4.90 Å². The highest BCUT2D eigenvalue weighted by Gasteiger charge is 2.17. The highest BCUT2D eigenvalue weighted by atomic mass is 35.5. The molecule has 2 rings (SSSR count). The number of benzene rings is 1. The maximum absolute atomic E-state index is 12.5. The molecule has 114 valence electrons. The summed E-state index contributed by atoms with van der Waals surface area (Å²) in [6, 6.07) is 6.66. The van der Waals surface area contributed by atoms with E-state index in [1.54, 1.807) is 29.2 Å². The Hall–Kier alpha value is -1.66. The van der Waals surface area contributed by atoms with Gasteiger partial charge in [0, 0.05) is 18.8 Å². The lowest BCUT2D eigenvalue weighted by Crippen LogP contribution is -2.41. The summed E-state index contributed by atoms with van der Waals surface area (Å²) >= 11 is 5.03. The smallest absolute Gasteiger partial charge is 0.274 e. The van der Waals surface area contributed by atoms with Gasteiger partial charge < -0.3 is 15.0 Å². The molecule has 1 fully saturated rings. The molecule has 0 aliphatic carbocycles. The van der Waals surface area contributed by atoms with Gasteiger partial charge >= 0.3 is 0 Å². The Morgan fingerprint density at radius 2 is 1.90 bits per heavy atom. The normalized spacial score (nSPS) is 16.4. The van der Waals surface area contributed by atoms with Crippen LogP contribution in [-0.4, -0.2) is 48.6 Å². The van der Waals surface area contributed by atoms with Crippen LogP contribution in [0.1, 0.15) is 5.56 Å². The third-order valence-electron chi connectivity index (χ3n) is 3.14. The van der Waals surface area contributed by atoms with Crippen LogP contribution in [0.3, 0.4) is 0 Å². The van der Waals surface area contributed by atoms with Crippen LogP contribution in [0.4, 0.5) is 10.1 Å². The zero-order valence-corrected chi connectivity index (χ0v) is 12.1. The molecule has 7 heteroatoms. The van der Waals surface area contributed by atoms with Crippen molar-refractivity contribution in [3.05, 3.63) is 29.8 Å². The van der Waals surface area contributed by atoms with Crippen LogP contribution in [0, 0.1) is 0 Å². The average Bonchev–Trinajstić information content (AvgIpc) is 2.50. The number of anilines is 1. The Labute approximate surface area is 127 Å². The number of carbonyl (C=O) groups is 2. The number of morpholine rings is 1. The van der Waals surface area contributed by atoms with Crippen molar-refractivity contribution >= 4 is 29.1 Å². The van der Waals surface area contributed by atoms with Crippen molar-refractivity contribution < 1.29 is 18.7 Å². The van der Waals surface area contributed by atoms with Gasteiger partial charge in [0.2, 0.25) is 5.91 Å². The molecular weight excluding hydrogens is 299 g/mol. The number of carbonyl (C=O) groups excluding carboxylic acids is 2. The Balaban J connectivity index is 1.89. The Kier molecular flexibility index (Phi) is 5.52. The summed E-state index contributed by atoms with van der Waals surface area (Å²) in [4.78, 5) is 24.9. The third kappa shape index (κ3) is 4.68. The van der Waals surface area contributed by atoms with E-state index in [1.807, 2.05) is 0 Å². The van der Waals surface area contributed by atoms with Gasteiger partial charge in [-0.25, -0.2) is 4.39 Å². The van der Waals surface area contributed by atoms with Crippen molar-refractivity contribution in [2.45, 2.75) is 12.1 Å². The van der Waals surface area contributed by atoms with Crippen LogP contribution in [-0.2, 0) is 20.7 Å². The first-order valence-corrected chi connectivity index (χ1v) is 7.03. The summed E-state index contributed by atoms with van der Waals surface area (Å²) in [6.07, 6.45) is 0.287. The number of nitrogens with zero attached hydrogens (tertiary/aromatic N) is 1. The summed E-state index contributed by atoms with van der Waals surface area (Å²) in [5, 5.41) is 2.33. The molecule has 5 nitrogen and oxygen atoms in total. The quantitative estimate of drug-likeness (QED) is 0.858. The van der Waals surface area contributed by atoms with Gasteiger partial charge in [-0.15, -0.1) is 0 Å². The molecule has 1 unspecified atom stereocenters. The number of hydrogen-bond acceptors (Lipinski definition) is 3. The van der Waals surface area contributed by atoms with E-state index >= 15 is 0 Å². The first-order chi connectivity index (χ1) is 10.1. The van der Waals surface area contributed by atoms with Crippen molar-refractivity contribution in [2.75, 3.05) is 31.6 Å². The molecule has 1 heterocycles.